The van der Waals surface area contributed by atoms with E-state index in [1.807, 2.05) is 42.6 Å². The van der Waals surface area contributed by atoms with Gasteiger partial charge in [-0.15, -0.1) is 0 Å². The van der Waals surface area contributed by atoms with Gasteiger partial charge in [-0.25, -0.2) is 9.98 Å². The lowest BCUT2D eigenvalue weighted by Crippen LogP contribution is -1.97. The third-order valence-corrected chi connectivity index (χ3v) is 4.10. The Morgan fingerprint density at radius 3 is 2.96 bits per heavy atom. The molecule has 1 aliphatic heterocycles. The van der Waals surface area contributed by atoms with Crippen molar-refractivity contribution in [1.29, 1.82) is 0 Å². The molecule has 0 atom stereocenters. The fourth-order valence-electron chi connectivity index (χ4n) is 2.82. The number of imidazole rings is 1. The van der Waals surface area contributed by atoms with Crippen molar-refractivity contribution in [2.45, 2.75) is 26.3 Å². The van der Waals surface area contributed by atoms with E-state index in [9.17, 15) is 0 Å². The van der Waals surface area contributed by atoms with Crippen LogP contribution in [0.25, 0.3) is 11.0 Å². The topological polar surface area (TPSA) is 48.6 Å². The van der Waals surface area contributed by atoms with Crippen molar-refractivity contribution in [3.05, 3.63) is 48.0 Å². The second kappa shape index (κ2) is 6.35. The number of unbranched alkanes of at least 4 members (excludes halogenated alkanes) is 1. The molecule has 0 aliphatic carbocycles. The van der Waals surface area contributed by atoms with Crippen molar-refractivity contribution >= 4 is 23.2 Å². The Bertz CT molecular complexity index is 899. The van der Waals surface area contributed by atoms with Gasteiger partial charge in [-0.3, -0.25) is 0 Å². The van der Waals surface area contributed by atoms with Crippen LogP contribution >= 0.6 is 0 Å². The van der Waals surface area contributed by atoms with Gasteiger partial charge in [0.2, 0.25) is 12.7 Å². The van der Waals surface area contributed by atoms with Gasteiger partial charge < -0.3 is 14.0 Å². The highest BCUT2D eigenvalue weighted by atomic mass is 16.7. The fraction of sp³-hybridized carbons (Fsp3) is 0.263. The molecule has 1 aromatic heterocycles. The maximum absolute atomic E-state index is 5.41. The molecular formula is C19H19N3O2. The first kappa shape index (κ1) is 14.8. The van der Waals surface area contributed by atoms with Gasteiger partial charge in [0.05, 0.1) is 11.0 Å². The van der Waals surface area contributed by atoms with Crippen molar-refractivity contribution in [3.8, 4) is 11.5 Å². The molecule has 0 bridgehead atoms. The maximum Gasteiger partial charge on any atom is 0.231 e. The number of nitrogens with zero attached hydrogens (tertiary/aromatic N) is 3. The smallest absolute Gasteiger partial charge is 0.231 e. The summed E-state index contributed by atoms with van der Waals surface area (Å²) in [5.41, 5.74) is 3.07. The summed E-state index contributed by atoms with van der Waals surface area (Å²) in [6, 6.07) is 14.0. The summed E-state index contributed by atoms with van der Waals surface area (Å²) in [7, 11) is 0. The van der Waals surface area contributed by atoms with E-state index in [4.69, 9.17) is 9.47 Å². The summed E-state index contributed by atoms with van der Waals surface area (Å²) in [6.07, 6.45) is 4.07. The van der Waals surface area contributed by atoms with Crippen LogP contribution in [0.2, 0.25) is 0 Å². The van der Waals surface area contributed by atoms with E-state index in [0.717, 1.165) is 53.4 Å². The van der Waals surface area contributed by atoms with Crippen LogP contribution in [0.15, 0.2) is 47.5 Å². The minimum atomic E-state index is 0.280. The van der Waals surface area contributed by atoms with Gasteiger partial charge in [0.15, 0.2) is 11.5 Å². The predicted molar refractivity (Wildman–Crippen MR) is 94.5 cm³/mol. The predicted octanol–water partition coefficient (Wildman–Crippen LogP) is 4.32. The molecule has 2 heterocycles. The molecule has 0 spiro atoms. The maximum atomic E-state index is 5.41. The Morgan fingerprint density at radius 2 is 2.04 bits per heavy atom. The van der Waals surface area contributed by atoms with Gasteiger partial charge in [0.25, 0.3) is 0 Å². The molecule has 0 N–H and O–H groups in total. The monoisotopic (exact) mass is 321 g/mol. The second-order valence-corrected chi connectivity index (χ2v) is 5.78. The number of hydrogen-bond acceptors (Lipinski definition) is 4. The summed E-state index contributed by atoms with van der Waals surface area (Å²) in [6.45, 7) is 3.39. The fourth-order valence-corrected chi connectivity index (χ4v) is 2.82. The minimum absolute atomic E-state index is 0.280. The molecule has 3 aromatic rings. The molecule has 4 rings (SSSR count). The average Bonchev–Trinajstić information content (AvgIpc) is 3.21. The first-order chi connectivity index (χ1) is 11.8. The van der Waals surface area contributed by atoms with E-state index >= 15 is 0 Å². The van der Waals surface area contributed by atoms with E-state index in [2.05, 4.69) is 27.5 Å². The summed E-state index contributed by atoms with van der Waals surface area (Å²) < 4.78 is 12.9. The van der Waals surface area contributed by atoms with Gasteiger partial charge in [0.1, 0.15) is 0 Å². The van der Waals surface area contributed by atoms with Gasteiger partial charge in [-0.1, -0.05) is 25.5 Å². The standard InChI is InChI=1S/C19H19N3O2/c1-2-3-10-22-16-7-5-4-6-15(16)21-19(22)20-12-14-8-9-17-18(11-14)24-13-23-17/h4-9,11-12H,2-3,10,13H2,1H3/b20-12+. The number of aromatic nitrogens is 2. The number of ether oxygens (including phenoxy) is 2. The van der Waals surface area contributed by atoms with Crippen molar-refractivity contribution < 1.29 is 9.47 Å². The summed E-state index contributed by atoms with van der Waals surface area (Å²) in [4.78, 5) is 9.28. The Hall–Kier alpha value is -2.82. The van der Waals surface area contributed by atoms with Gasteiger partial charge in [0, 0.05) is 12.8 Å². The van der Waals surface area contributed by atoms with Gasteiger partial charge in [-0.05, 0) is 42.3 Å². The van der Waals surface area contributed by atoms with Crippen LogP contribution in [-0.2, 0) is 6.54 Å². The Labute approximate surface area is 140 Å². The zero-order valence-electron chi connectivity index (χ0n) is 13.6. The zero-order valence-corrected chi connectivity index (χ0v) is 13.6. The zero-order chi connectivity index (χ0) is 16.4. The Kier molecular flexibility index (Phi) is 3.91. The third kappa shape index (κ3) is 2.73. The molecule has 1 aliphatic rings. The largest absolute Gasteiger partial charge is 0.454 e. The molecule has 5 heteroatoms. The molecule has 0 unspecified atom stereocenters. The number of benzene rings is 2. The lowest BCUT2D eigenvalue weighted by Gasteiger charge is -2.05. The molecule has 122 valence electrons. The van der Waals surface area contributed by atoms with Crippen molar-refractivity contribution in [2.75, 3.05) is 6.79 Å². The number of rotatable bonds is 5. The quantitative estimate of drug-likeness (QED) is 0.658. The lowest BCUT2D eigenvalue weighted by atomic mass is 10.2. The van der Waals surface area contributed by atoms with Crippen LogP contribution in [0.5, 0.6) is 11.5 Å². The first-order valence-corrected chi connectivity index (χ1v) is 8.24. The van der Waals surface area contributed by atoms with Crippen molar-refractivity contribution in [1.82, 2.24) is 9.55 Å². The number of fused-ring (bicyclic) bond motifs is 2. The van der Waals surface area contributed by atoms with Crippen molar-refractivity contribution in [3.63, 3.8) is 0 Å². The molecule has 0 amide bonds. The van der Waals surface area contributed by atoms with Crippen LogP contribution < -0.4 is 9.47 Å². The minimum Gasteiger partial charge on any atom is -0.454 e. The highest BCUT2D eigenvalue weighted by molar-refractivity contribution is 5.84. The molecule has 0 radical (unpaired) electrons. The van der Waals surface area contributed by atoms with Crippen LogP contribution in [0.4, 0.5) is 5.95 Å². The Morgan fingerprint density at radius 1 is 1.17 bits per heavy atom. The SMILES string of the molecule is CCCCn1c(/N=C/c2ccc3c(c2)OCO3)nc2ccccc21. The highest BCUT2D eigenvalue weighted by Gasteiger charge is 2.13. The molecule has 2 aromatic carbocycles. The number of aryl methyl sites for hydroxylation is 1. The molecule has 0 saturated heterocycles. The number of hydrogen-bond donors (Lipinski definition) is 0. The van der Waals surface area contributed by atoms with Crippen LogP contribution in [-0.4, -0.2) is 22.6 Å². The lowest BCUT2D eigenvalue weighted by molar-refractivity contribution is 0.174. The van der Waals surface area contributed by atoms with E-state index in [-0.39, 0.29) is 6.79 Å². The van der Waals surface area contributed by atoms with Crippen LogP contribution in [0.1, 0.15) is 25.3 Å². The number of aliphatic imine (C=N–C) groups is 1. The van der Waals surface area contributed by atoms with Crippen molar-refractivity contribution in [2.24, 2.45) is 4.99 Å². The second-order valence-electron chi connectivity index (χ2n) is 5.78. The molecule has 0 fully saturated rings. The van der Waals surface area contributed by atoms with Crippen LogP contribution in [0, 0.1) is 0 Å². The molecule has 5 nitrogen and oxygen atoms in total. The molecule has 0 saturated carbocycles. The summed E-state index contributed by atoms with van der Waals surface area (Å²) in [5, 5.41) is 0. The van der Waals surface area contributed by atoms with E-state index in [1.165, 1.54) is 0 Å². The normalized spacial score (nSPS) is 13.2. The molecule has 24 heavy (non-hydrogen) atoms. The van der Waals surface area contributed by atoms with Gasteiger partial charge in [-0.2, -0.15) is 0 Å². The van der Waals surface area contributed by atoms with E-state index in [0.29, 0.717) is 0 Å². The summed E-state index contributed by atoms with van der Waals surface area (Å²) in [5.74, 6) is 2.28. The average molecular weight is 321 g/mol. The first-order valence-electron chi connectivity index (χ1n) is 8.24. The number of para-hydroxylation sites is 2. The highest BCUT2D eigenvalue weighted by Crippen LogP contribution is 2.32. The van der Waals surface area contributed by atoms with Gasteiger partial charge >= 0.3 is 0 Å². The molecular weight excluding hydrogens is 302 g/mol. The van der Waals surface area contributed by atoms with E-state index < -0.39 is 0 Å². The van der Waals surface area contributed by atoms with E-state index in [1.54, 1.807) is 0 Å². The third-order valence-electron chi connectivity index (χ3n) is 4.10. The Balaban J connectivity index is 1.68. The van der Waals surface area contributed by atoms with Crippen LogP contribution in [0.3, 0.4) is 0 Å². The summed E-state index contributed by atoms with van der Waals surface area (Å²) >= 11 is 0.